The van der Waals surface area contributed by atoms with Crippen molar-refractivity contribution in [1.29, 1.82) is 0 Å². The van der Waals surface area contributed by atoms with E-state index in [0.29, 0.717) is 6.42 Å². The summed E-state index contributed by atoms with van der Waals surface area (Å²) in [4.78, 5) is 33.7. The summed E-state index contributed by atoms with van der Waals surface area (Å²) in [5.41, 5.74) is 0. The van der Waals surface area contributed by atoms with Gasteiger partial charge in [-0.1, -0.05) is 19.8 Å². The number of carboxylic acid groups (broad SMARTS) is 1. The molecule has 1 aliphatic carbocycles. The van der Waals surface area contributed by atoms with Crippen LogP contribution in [0.25, 0.3) is 0 Å². The zero-order valence-corrected chi connectivity index (χ0v) is 11.1. The number of carbonyl (C=O) groups is 3. The predicted octanol–water partition coefficient (Wildman–Crippen LogP) is 0.208. The van der Waals surface area contributed by atoms with Crippen molar-refractivity contribution in [1.82, 2.24) is 16.0 Å². The lowest BCUT2D eigenvalue weighted by atomic mass is 10.1. The van der Waals surface area contributed by atoms with Gasteiger partial charge in [0, 0.05) is 6.04 Å². The molecule has 1 aliphatic rings. The maximum absolute atomic E-state index is 11.5. The molecule has 0 aromatic heterocycles. The molecular formula is C12H21N3O4. The molecule has 1 saturated carbocycles. The molecule has 0 aromatic rings. The molecule has 1 rings (SSSR count). The molecule has 7 nitrogen and oxygen atoms in total. The Kier molecular flexibility index (Phi) is 6.11. The summed E-state index contributed by atoms with van der Waals surface area (Å²) in [5, 5.41) is 16.4. The summed E-state index contributed by atoms with van der Waals surface area (Å²) in [6.45, 7) is 1.81. The van der Waals surface area contributed by atoms with Gasteiger partial charge in [0.25, 0.3) is 0 Å². The van der Waals surface area contributed by atoms with Crippen molar-refractivity contribution in [2.75, 3.05) is 6.54 Å². The zero-order chi connectivity index (χ0) is 14.3. The molecule has 3 amide bonds. The Morgan fingerprint density at radius 1 is 1.32 bits per heavy atom. The van der Waals surface area contributed by atoms with Crippen molar-refractivity contribution < 1.29 is 19.5 Å². The molecule has 0 aliphatic heterocycles. The van der Waals surface area contributed by atoms with Crippen LogP contribution in [-0.2, 0) is 9.59 Å². The fourth-order valence-corrected chi connectivity index (χ4v) is 1.54. The summed E-state index contributed by atoms with van der Waals surface area (Å²) < 4.78 is 0. The quantitative estimate of drug-likeness (QED) is 0.506. The van der Waals surface area contributed by atoms with Crippen LogP contribution in [0.5, 0.6) is 0 Å². The SMILES string of the molecule is CCCC[C@H](NC(=O)NCC(=O)NC1CC1)C(=O)O. The number of unbranched alkanes of at least 4 members (excludes halogenated alkanes) is 1. The highest BCUT2D eigenvalue weighted by Crippen LogP contribution is 2.18. The van der Waals surface area contributed by atoms with E-state index in [-0.39, 0.29) is 18.5 Å². The molecule has 0 saturated heterocycles. The summed E-state index contributed by atoms with van der Waals surface area (Å²) in [7, 11) is 0. The standard InChI is InChI=1S/C12H21N3O4/c1-2-3-4-9(11(17)18)15-12(19)13-7-10(16)14-8-5-6-8/h8-9H,2-7H2,1H3,(H,14,16)(H,17,18)(H2,13,15,19)/t9-/m0/s1. The van der Waals surface area contributed by atoms with Crippen LogP contribution in [0.3, 0.4) is 0 Å². The number of hydrogen-bond donors (Lipinski definition) is 4. The Morgan fingerprint density at radius 2 is 2.00 bits per heavy atom. The largest absolute Gasteiger partial charge is 0.480 e. The van der Waals surface area contributed by atoms with Crippen molar-refractivity contribution in [3.63, 3.8) is 0 Å². The van der Waals surface area contributed by atoms with Gasteiger partial charge in [-0.15, -0.1) is 0 Å². The molecule has 0 aromatic carbocycles. The Bertz CT molecular complexity index is 342. The minimum Gasteiger partial charge on any atom is -0.480 e. The fraction of sp³-hybridized carbons (Fsp3) is 0.750. The minimum absolute atomic E-state index is 0.136. The van der Waals surface area contributed by atoms with Gasteiger partial charge in [0.2, 0.25) is 5.91 Å². The number of nitrogens with one attached hydrogen (secondary N) is 3. The lowest BCUT2D eigenvalue weighted by molar-refractivity contribution is -0.139. The summed E-state index contributed by atoms with van der Waals surface area (Å²) in [5.74, 6) is -1.32. The van der Waals surface area contributed by atoms with E-state index in [2.05, 4.69) is 16.0 Å². The number of hydrogen-bond acceptors (Lipinski definition) is 3. The molecule has 0 heterocycles. The van der Waals surface area contributed by atoms with E-state index in [1.807, 2.05) is 6.92 Å². The van der Waals surface area contributed by atoms with Crippen LogP contribution < -0.4 is 16.0 Å². The van der Waals surface area contributed by atoms with Gasteiger partial charge in [0.15, 0.2) is 0 Å². The average molecular weight is 271 g/mol. The first-order chi connectivity index (χ1) is 9.02. The van der Waals surface area contributed by atoms with Crippen LogP contribution >= 0.6 is 0 Å². The highest BCUT2D eigenvalue weighted by molar-refractivity contribution is 5.86. The lowest BCUT2D eigenvalue weighted by Crippen LogP contribution is -2.48. The monoisotopic (exact) mass is 271 g/mol. The summed E-state index contributed by atoms with van der Waals surface area (Å²) >= 11 is 0. The van der Waals surface area contributed by atoms with E-state index in [9.17, 15) is 14.4 Å². The smallest absolute Gasteiger partial charge is 0.326 e. The van der Waals surface area contributed by atoms with Gasteiger partial charge in [-0.2, -0.15) is 0 Å². The molecule has 0 bridgehead atoms. The van der Waals surface area contributed by atoms with E-state index >= 15 is 0 Å². The molecule has 0 radical (unpaired) electrons. The van der Waals surface area contributed by atoms with E-state index in [1.54, 1.807) is 0 Å². The molecule has 0 unspecified atom stereocenters. The molecule has 1 atom stereocenters. The number of urea groups is 1. The van der Waals surface area contributed by atoms with E-state index in [4.69, 9.17) is 5.11 Å². The summed E-state index contributed by atoms with van der Waals surface area (Å²) in [6.07, 6.45) is 3.93. The Morgan fingerprint density at radius 3 is 2.53 bits per heavy atom. The summed E-state index contributed by atoms with van der Waals surface area (Å²) in [6, 6.07) is -1.30. The van der Waals surface area contributed by atoms with Gasteiger partial charge in [0.05, 0.1) is 6.54 Å². The normalized spacial score (nSPS) is 15.4. The lowest BCUT2D eigenvalue weighted by Gasteiger charge is -2.14. The third-order valence-electron chi connectivity index (χ3n) is 2.80. The second-order valence-corrected chi connectivity index (χ2v) is 4.70. The molecule has 108 valence electrons. The first kappa shape index (κ1) is 15.3. The van der Waals surface area contributed by atoms with Crippen LogP contribution in [0.2, 0.25) is 0 Å². The van der Waals surface area contributed by atoms with Crippen LogP contribution in [0.4, 0.5) is 4.79 Å². The molecule has 7 heteroatoms. The van der Waals surface area contributed by atoms with Gasteiger partial charge < -0.3 is 21.1 Å². The van der Waals surface area contributed by atoms with Crippen LogP contribution in [0.1, 0.15) is 39.0 Å². The Balaban J connectivity index is 2.22. The number of aliphatic carboxylic acids is 1. The van der Waals surface area contributed by atoms with Crippen molar-refractivity contribution in [2.45, 2.75) is 51.1 Å². The molecule has 0 spiro atoms. The first-order valence-electron chi connectivity index (χ1n) is 6.59. The van der Waals surface area contributed by atoms with E-state index < -0.39 is 18.0 Å². The Hall–Kier alpha value is -1.79. The van der Waals surface area contributed by atoms with Gasteiger partial charge in [-0.3, -0.25) is 4.79 Å². The third-order valence-corrected chi connectivity index (χ3v) is 2.80. The van der Waals surface area contributed by atoms with Crippen molar-refractivity contribution in [3.8, 4) is 0 Å². The average Bonchev–Trinajstić information content (AvgIpc) is 3.15. The fourth-order valence-electron chi connectivity index (χ4n) is 1.54. The second-order valence-electron chi connectivity index (χ2n) is 4.70. The van der Waals surface area contributed by atoms with Crippen LogP contribution in [0.15, 0.2) is 0 Å². The minimum atomic E-state index is -1.06. The molecule has 4 N–H and O–H groups in total. The number of amides is 3. The topological polar surface area (TPSA) is 108 Å². The van der Waals surface area contributed by atoms with Crippen molar-refractivity contribution >= 4 is 17.9 Å². The van der Waals surface area contributed by atoms with Gasteiger partial charge >= 0.3 is 12.0 Å². The van der Waals surface area contributed by atoms with Crippen molar-refractivity contribution in [3.05, 3.63) is 0 Å². The molecular weight excluding hydrogens is 250 g/mol. The van der Waals surface area contributed by atoms with Crippen LogP contribution in [-0.4, -0.2) is 41.6 Å². The third kappa shape index (κ3) is 6.64. The van der Waals surface area contributed by atoms with E-state index in [1.165, 1.54) is 0 Å². The van der Waals surface area contributed by atoms with Gasteiger partial charge in [-0.05, 0) is 19.3 Å². The Labute approximate surface area is 112 Å². The predicted molar refractivity (Wildman–Crippen MR) is 68.6 cm³/mol. The molecule has 1 fully saturated rings. The molecule has 19 heavy (non-hydrogen) atoms. The highest BCUT2D eigenvalue weighted by Gasteiger charge is 2.23. The number of carbonyl (C=O) groups excluding carboxylic acids is 2. The number of carboxylic acids is 1. The highest BCUT2D eigenvalue weighted by atomic mass is 16.4. The van der Waals surface area contributed by atoms with E-state index in [0.717, 1.165) is 25.7 Å². The van der Waals surface area contributed by atoms with Crippen LogP contribution in [0, 0.1) is 0 Å². The first-order valence-corrected chi connectivity index (χ1v) is 6.59. The van der Waals surface area contributed by atoms with Gasteiger partial charge in [0.1, 0.15) is 6.04 Å². The van der Waals surface area contributed by atoms with Crippen molar-refractivity contribution in [2.24, 2.45) is 0 Å². The number of rotatable bonds is 8. The maximum Gasteiger partial charge on any atom is 0.326 e. The zero-order valence-electron chi connectivity index (χ0n) is 11.1. The van der Waals surface area contributed by atoms with Gasteiger partial charge in [-0.25, -0.2) is 9.59 Å². The maximum atomic E-state index is 11.5. The second kappa shape index (κ2) is 7.60.